The Balaban J connectivity index is 2.16. The fourth-order valence-electron chi connectivity index (χ4n) is 3.62. The lowest BCUT2D eigenvalue weighted by Crippen LogP contribution is -2.51. The van der Waals surface area contributed by atoms with Crippen LogP contribution in [0, 0.1) is 24.4 Å². The number of aryl methyl sites for hydroxylation is 1. The van der Waals surface area contributed by atoms with E-state index in [0.717, 1.165) is 8.96 Å². The first-order valence-corrected chi connectivity index (χ1v) is 7.64. The van der Waals surface area contributed by atoms with E-state index >= 15 is 8.63 Å². The van der Waals surface area contributed by atoms with Crippen LogP contribution in [0.25, 0.3) is 5.57 Å². The minimum absolute atomic E-state index is 0.00231. The zero-order chi connectivity index (χ0) is 18.1. The van der Waals surface area contributed by atoms with Crippen LogP contribution < -0.4 is 0 Å². The summed E-state index contributed by atoms with van der Waals surface area (Å²) in [5.41, 5.74) is -0.0243. The fourth-order valence-corrected chi connectivity index (χ4v) is 3.62. The monoisotopic (exact) mass is 350 g/mol. The van der Waals surface area contributed by atoms with Gasteiger partial charge in [-0.1, -0.05) is 0 Å². The molecule has 2 aromatic rings. The number of benzene rings is 1. The van der Waals surface area contributed by atoms with Crippen LogP contribution in [-0.4, -0.2) is 21.6 Å². The Hall–Kier alpha value is -2.64. The number of aromatic nitrogens is 1. The topological polar surface area (TPSA) is 7.94 Å². The van der Waals surface area contributed by atoms with Gasteiger partial charge in [0, 0.05) is 36.9 Å². The molecule has 0 saturated carbocycles. The number of halogens is 5. The van der Waals surface area contributed by atoms with E-state index < -0.39 is 30.0 Å². The van der Waals surface area contributed by atoms with Gasteiger partial charge in [0.2, 0.25) is 0 Å². The highest BCUT2D eigenvalue weighted by Crippen LogP contribution is 2.41. The van der Waals surface area contributed by atoms with Crippen molar-refractivity contribution in [3.8, 4) is 0 Å². The molecule has 0 atom stereocenters. The van der Waals surface area contributed by atoms with Gasteiger partial charge in [-0.3, -0.25) is 0 Å². The van der Waals surface area contributed by atoms with Crippen LogP contribution in [0.3, 0.4) is 0 Å². The molecule has 0 bridgehead atoms. The molecule has 0 spiro atoms. The first-order chi connectivity index (χ1) is 11.7. The van der Waals surface area contributed by atoms with Gasteiger partial charge < -0.3 is 17.6 Å². The third kappa shape index (κ3) is 2.00. The summed E-state index contributed by atoms with van der Waals surface area (Å²) in [4.78, 5) is 0. The van der Waals surface area contributed by atoms with Gasteiger partial charge in [-0.05, 0) is 24.8 Å². The van der Waals surface area contributed by atoms with Crippen molar-refractivity contribution in [3.63, 3.8) is 0 Å². The first-order valence-electron chi connectivity index (χ1n) is 7.64. The summed E-state index contributed by atoms with van der Waals surface area (Å²) in [6.07, 6.45) is 2.86. The zero-order valence-corrected chi connectivity index (χ0v) is 13.3. The van der Waals surface area contributed by atoms with Crippen molar-refractivity contribution in [3.05, 3.63) is 76.5 Å². The Morgan fingerprint density at radius 2 is 1.60 bits per heavy atom. The predicted molar refractivity (Wildman–Crippen MR) is 85.0 cm³/mol. The molecule has 0 amide bonds. The van der Waals surface area contributed by atoms with Crippen LogP contribution in [0.15, 0.2) is 42.1 Å². The van der Waals surface area contributed by atoms with Gasteiger partial charge in [0.25, 0.3) is 0 Å². The summed E-state index contributed by atoms with van der Waals surface area (Å²) in [6, 6.07) is 3.95. The van der Waals surface area contributed by atoms with Crippen LogP contribution in [0.2, 0.25) is 0 Å². The number of nitrogens with zero attached hydrogens (tertiary/aromatic N) is 2. The largest absolute Gasteiger partial charge is 0.737 e. The van der Waals surface area contributed by atoms with E-state index in [1.54, 1.807) is 0 Å². The molecule has 0 saturated heterocycles. The maximum Gasteiger partial charge on any atom is 0.737 e. The van der Waals surface area contributed by atoms with Crippen LogP contribution in [-0.2, 0) is 0 Å². The molecule has 4 rings (SSSR count). The highest BCUT2D eigenvalue weighted by Gasteiger charge is 2.54. The molecule has 128 valence electrons. The Morgan fingerprint density at radius 1 is 0.960 bits per heavy atom. The number of rotatable bonds is 1. The second kappa shape index (κ2) is 4.94. The fraction of sp³-hybridized carbons (Fsp3) is 0.118. The number of allylic oxidation sites excluding steroid dienone is 2. The molecule has 0 unspecified atom stereocenters. The Morgan fingerprint density at radius 3 is 2.24 bits per heavy atom. The van der Waals surface area contributed by atoms with Gasteiger partial charge in [-0.15, -0.1) is 0 Å². The van der Waals surface area contributed by atoms with Crippen molar-refractivity contribution < 1.29 is 26.3 Å². The van der Waals surface area contributed by atoms with Crippen LogP contribution in [0.4, 0.5) is 21.8 Å². The molecule has 0 N–H and O–H groups in total. The van der Waals surface area contributed by atoms with E-state index in [1.807, 2.05) is 0 Å². The lowest BCUT2D eigenvalue weighted by molar-refractivity contribution is -0.362. The summed E-state index contributed by atoms with van der Waals surface area (Å²) in [7, 11) is 0. The Labute approximate surface area is 140 Å². The van der Waals surface area contributed by atoms with E-state index in [9.17, 15) is 13.2 Å². The van der Waals surface area contributed by atoms with Gasteiger partial charge in [-0.25, -0.2) is 13.2 Å². The van der Waals surface area contributed by atoms with Crippen molar-refractivity contribution in [2.45, 2.75) is 13.8 Å². The molecule has 0 aliphatic carbocycles. The first kappa shape index (κ1) is 15.9. The second-order valence-electron chi connectivity index (χ2n) is 6.17. The van der Waals surface area contributed by atoms with E-state index in [1.165, 1.54) is 38.1 Å². The smallest absolute Gasteiger partial charge is 0.393 e. The zero-order valence-electron chi connectivity index (χ0n) is 13.3. The van der Waals surface area contributed by atoms with Crippen LogP contribution in [0.1, 0.15) is 23.9 Å². The van der Waals surface area contributed by atoms with Gasteiger partial charge in [0.05, 0.1) is 11.1 Å². The highest BCUT2D eigenvalue weighted by molar-refractivity contribution is 6.58. The van der Waals surface area contributed by atoms with E-state index in [2.05, 4.69) is 0 Å². The van der Waals surface area contributed by atoms with Crippen molar-refractivity contribution in [2.24, 2.45) is 0 Å². The third-order valence-electron chi connectivity index (χ3n) is 4.63. The average molecular weight is 350 g/mol. The predicted octanol–water partition coefficient (Wildman–Crippen LogP) is 4.25. The number of hydrogen-bond acceptors (Lipinski definition) is 0. The molecular weight excluding hydrogens is 338 g/mol. The lowest BCUT2D eigenvalue weighted by atomic mass is 9.85. The Bertz CT molecular complexity index is 1010. The summed E-state index contributed by atoms with van der Waals surface area (Å²) in [6.45, 7) is -1.20. The molecule has 3 heterocycles. The second-order valence-corrected chi connectivity index (χ2v) is 6.17. The minimum atomic E-state index is -4.20. The molecular formula is C17H12BF5N2. The molecule has 8 heteroatoms. The summed E-state index contributed by atoms with van der Waals surface area (Å²) in [5.74, 6) is -3.34. The highest BCUT2D eigenvalue weighted by atomic mass is 19.2. The number of fused-ring (bicyclic) bond motifs is 2. The van der Waals surface area contributed by atoms with E-state index in [-0.39, 0.29) is 28.4 Å². The van der Waals surface area contributed by atoms with Crippen LogP contribution >= 0.6 is 0 Å². The van der Waals surface area contributed by atoms with Gasteiger partial charge in [-0.2, -0.15) is 0 Å². The molecule has 2 aliphatic rings. The van der Waals surface area contributed by atoms with Crippen molar-refractivity contribution in [2.75, 3.05) is 0 Å². The molecule has 1 aromatic heterocycles. The molecule has 25 heavy (non-hydrogen) atoms. The van der Waals surface area contributed by atoms with Gasteiger partial charge >= 0.3 is 6.97 Å². The summed E-state index contributed by atoms with van der Waals surface area (Å²) in [5, 5.41) is 0. The van der Waals surface area contributed by atoms with Crippen molar-refractivity contribution in [1.29, 1.82) is 0 Å². The van der Waals surface area contributed by atoms with E-state index in [4.69, 9.17) is 0 Å². The maximum atomic E-state index is 15.1. The molecule has 0 radical (unpaired) electrons. The molecule has 1 aromatic carbocycles. The summed E-state index contributed by atoms with van der Waals surface area (Å²) < 4.78 is 73.8. The van der Waals surface area contributed by atoms with Crippen molar-refractivity contribution in [1.82, 2.24) is 4.48 Å². The number of hydrogen-bond donors (Lipinski definition) is 0. The Kier molecular flexibility index (Phi) is 3.13. The van der Waals surface area contributed by atoms with Crippen LogP contribution in [0.5, 0.6) is 0 Å². The maximum absolute atomic E-state index is 15.1. The van der Waals surface area contributed by atoms with E-state index in [0.29, 0.717) is 12.1 Å². The van der Waals surface area contributed by atoms with Gasteiger partial charge in [0.15, 0.2) is 5.70 Å². The molecule has 2 nitrogen and oxygen atoms in total. The SMILES string of the molecule is CC1=[N+]2C(=C(c3c(F)cc(F)cc3F)c3ccc(C)n3[B-]2(F)F)C=C1. The minimum Gasteiger partial charge on any atom is -0.393 e. The lowest BCUT2D eigenvalue weighted by Gasteiger charge is -2.33. The normalized spacial score (nSPS) is 18.0. The quantitative estimate of drug-likeness (QED) is 0.537. The average Bonchev–Trinajstić information content (AvgIpc) is 3.06. The third-order valence-corrected chi connectivity index (χ3v) is 4.63. The van der Waals surface area contributed by atoms with Gasteiger partial charge in [0.1, 0.15) is 23.2 Å². The van der Waals surface area contributed by atoms with Crippen molar-refractivity contribution >= 4 is 18.3 Å². The molecule has 2 aliphatic heterocycles. The summed E-state index contributed by atoms with van der Waals surface area (Å²) >= 11 is 0. The standard InChI is InChI=1S/C17H12BF5N2/c1-9-3-5-14-17(16-12(20)7-11(19)8-13(16)21)15-6-4-10(2)25(15)18(22,23)24(9)14/h3-8H,1-2H3. The molecule has 0 fully saturated rings.